The number of amides is 1. The maximum atomic E-state index is 13.5. The summed E-state index contributed by atoms with van der Waals surface area (Å²) in [6.07, 6.45) is 1.44. The molecule has 0 bridgehead atoms. The van der Waals surface area contributed by atoms with E-state index in [1.165, 1.54) is 18.2 Å². The van der Waals surface area contributed by atoms with Gasteiger partial charge in [0.2, 0.25) is 17.6 Å². The van der Waals surface area contributed by atoms with Gasteiger partial charge >= 0.3 is 0 Å². The number of nitrogens with zero attached hydrogens (tertiary/aromatic N) is 2. The molecule has 1 fully saturated rings. The average molecular weight is 609 g/mol. The number of rotatable bonds is 8. The predicted molar refractivity (Wildman–Crippen MR) is 149 cm³/mol. The summed E-state index contributed by atoms with van der Waals surface area (Å²) in [5.41, 5.74) is 2.28. The fourth-order valence-corrected chi connectivity index (χ4v) is 5.84. The third-order valence-electron chi connectivity index (χ3n) is 6.71. The van der Waals surface area contributed by atoms with E-state index in [0.717, 1.165) is 5.56 Å². The fourth-order valence-electron chi connectivity index (χ4n) is 4.39. The second-order valence-electron chi connectivity index (χ2n) is 9.38. The molecule has 0 aliphatic heterocycles. The van der Waals surface area contributed by atoms with E-state index in [1.54, 1.807) is 43.3 Å². The molecule has 1 aromatic heterocycles. The van der Waals surface area contributed by atoms with Gasteiger partial charge in [0, 0.05) is 26.9 Å². The minimum Gasteiger partial charge on any atom is -0.338 e. The van der Waals surface area contributed by atoms with Gasteiger partial charge in [0.25, 0.3) is 0 Å². The van der Waals surface area contributed by atoms with Crippen molar-refractivity contribution in [1.29, 1.82) is 0 Å². The lowest BCUT2D eigenvalue weighted by Crippen LogP contribution is -2.16. The molecule has 12 heteroatoms. The molecule has 1 amide bonds. The zero-order valence-corrected chi connectivity index (χ0v) is 23.5. The van der Waals surface area contributed by atoms with Gasteiger partial charge in [0.1, 0.15) is 16.5 Å². The van der Waals surface area contributed by atoms with Gasteiger partial charge in [-0.1, -0.05) is 64.2 Å². The van der Waals surface area contributed by atoms with Crippen molar-refractivity contribution < 1.29 is 22.1 Å². The molecule has 1 aliphatic carbocycles. The number of aromatic nitrogens is 2. The van der Waals surface area contributed by atoms with Crippen molar-refractivity contribution in [2.45, 2.75) is 36.9 Å². The summed E-state index contributed by atoms with van der Waals surface area (Å²) in [6, 6.07) is 14.2. The Labute approximate surface area is 240 Å². The van der Waals surface area contributed by atoms with Crippen molar-refractivity contribution in [2.75, 3.05) is 5.32 Å². The molecule has 1 heterocycles. The van der Waals surface area contributed by atoms with Crippen LogP contribution in [-0.4, -0.2) is 24.5 Å². The normalized spacial score (nSPS) is 14.8. The van der Waals surface area contributed by atoms with Crippen LogP contribution < -0.4 is 5.32 Å². The smallest absolute Gasteiger partial charge is 0.237 e. The monoisotopic (exact) mass is 607 g/mol. The molecule has 1 unspecified atom stereocenters. The lowest BCUT2D eigenvalue weighted by Gasteiger charge is -2.17. The van der Waals surface area contributed by atoms with Crippen LogP contribution in [0.1, 0.15) is 47.6 Å². The SMILES string of the molecule is CC(c1ccc(CC(=O)Nc2cc(Cl)c(C3(c4nc(-c5ccc(F)c(Cl)c5)no4)CC3)c(Cl)c2)cc1)[SH](=O)=O. The second kappa shape index (κ2) is 10.9. The molecule has 1 saturated carbocycles. The first-order valence-electron chi connectivity index (χ1n) is 11.9. The molecular formula is C27H21Cl3FN3O4S. The Morgan fingerprint density at radius 3 is 2.31 bits per heavy atom. The van der Waals surface area contributed by atoms with E-state index in [2.05, 4.69) is 15.5 Å². The molecule has 5 rings (SSSR count). The maximum absolute atomic E-state index is 13.5. The zero-order chi connectivity index (χ0) is 27.9. The predicted octanol–water partition coefficient (Wildman–Crippen LogP) is 6.77. The fraction of sp³-hybridized carbons (Fsp3) is 0.222. The van der Waals surface area contributed by atoms with Crippen molar-refractivity contribution in [3.63, 3.8) is 0 Å². The molecule has 1 N–H and O–H groups in total. The highest BCUT2D eigenvalue weighted by molar-refractivity contribution is 7.72. The quantitative estimate of drug-likeness (QED) is 0.214. The van der Waals surface area contributed by atoms with Gasteiger partial charge in [0.05, 0.1) is 22.1 Å². The molecule has 0 radical (unpaired) electrons. The van der Waals surface area contributed by atoms with Crippen LogP contribution in [-0.2, 0) is 27.3 Å². The minimum absolute atomic E-state index is 0.0485. The molecule has 202 valence electrons. The summed E-state index contributed by atoms with van der Waals surface area (Å²) in [5, 5.41) is 6.86. The number of halogens is 4. The van der Waals surface area contributed by atoms with Gasteiger partial charge in [-0.2, -0.15) is 4.98 Å². The summed E-state index contributed by atoms with van der Waals surface area (Å²) in [7, 11) is -2.57. The number of nitrogens with one attached hydrogen (secondary N) is 1. The van der Waals surface area contributed by atoms with Crippen LogP contribution in [0.4, 0.5) is 10.1 Å². The minimum atomic E-state index is -2.57. The van der Waals surface area contributed by atoms with E-state index in [4.69, 9.17) is 39.3 Å². The van der Waals surface area contributed by atoms with Crippen molar-refractivity contribution in [1.82, 2.24) is 10.1 Å². The second-order valence-corrected chi connectivity index (χ2v) is 11.9. The highest BCUT2D eigenvalue weighted by atomic mass is 35.5. The number of hydrogen-bond donors (Lipinski definition) is 2. The third kappa shape index (κ3) is 5.68. The first kappa shape index (κ1) is 27.6. The Bertz CT molecular complexity index is 1620. The van der Waals surface area contributed by atoms with Gasteiger partial charge < -0.3 is 9.84 Å². The van der Waals surface area contributed by atoms with Crippen LogP contribution in [0.15, 0.2) is 59.1 Å². The Morgan fingerprint density at radius 1 is 1.05 bits per heavy atom. The van der Waals surface area contributed by atoms with Crippen molar-refractivity contribution in [2.24, 2.45) is 0 Å². The first-order chi connectivity index (χ1) is 18.6. The standard InChI is InChI=1S/C27H21Cl3FN3O4S/c1-14(39(36)37)16-4-2-15(3-5-16)10-23(35)32-18-12-20(29)24(21(30)13-18)27(8-9-27)26-33-25(34-38-26)17-6-7-22(31)19(28)11-17/h2-7,11-14,39H,8-10H2,1H3,(H,32,35). The van der Waals surface area contributed by atoms with Crippen LogP contribution in [0.2, 0.25) is 15.1 Å². The molecule has 0 saturated heterocycles. The number of thiol groups is 1. The maximum Gasteiger partial charge on any atom is 0.237 e. The van der Waals surface area contributed by atoms with Gasteiger partial charge in [-0.15, -0.1) is 0 Å². The molecule has 39 heavy (non-hydrogen) atoms. The molecular weight excluding hydrogens is 588 g/mol. The average Bonchev–Trinajstić information content (AvgIpc) is 3.51. The third-order valence-corrected chi connectivity index (χ3v) is 8.53. The number of hydrogen-bond acceptors (Lipinski definition) is 6. The van der Waals surface area contributed by atoms with E-state index >= 15 is 0 Å². The Hall–Kier alpha value is -2.98. The summed E-state index contributed by atoms with van der Waals surface area (Å²) in [6.45, 7) is 1.61. The molecule has 0 spiro atoms. The van der Waals surface area contributed by atoms with Crippen LogP contribution in [0.25, 0.3) is 11.4 Å². The largest absolute Gasteiger partial charge is 0.338 e. The lowest BCUT2D eigenvalue weighted by atomic mass is 9.95. The van der Waals surface area contributed by atoms with Crippen molar-refractivity contribution in [3.8, 4) is 11.4 Å². The first-order valence-corrected chi connectivity index (χ1v) is 14.3. The number of benzene rings is 3. The van der Waals surface area contributed by atoms with Gasteiger partial charge in [-0.3, -0.25) is 4.79 Å². The Kier molecular flexibility index (Phi) is 7.70. The lowest BCUT2D eigenvalue weighted by molar-refractivity contribution is -0.115. The highest BCUT2D eigenvalue weighted by Crippen LogP contribution is 2.57. The summed E-state index contributed by atoms with van der Waals surface area (Å²) in [5.74, 6) is -0.237. The number of carbonyl (C=O) groups excluding carboxylic acids is 1. The summed E-state index contributed by atoms with van der Waals surface area (Å²) in [4.78, 5) is 17.2. The van der Waals surface area contributed by atoms with E-state index in [-0.39, 0.29) is 23.2 Å². The highest BCUT2D eigenvalue weighted by Gasteiger charge is 2.53. The zero-order valence-electron chi connectivity index (χ0n) is 20.4. The number of carbonyl (C=O) groups is 1. The van der Waals surface area contributed by atoms with Crippen LogP contribution >= 0.6 is 34.8 Å². The van der Waals surface area contributed by atoms with Crippen LogP contribution in [0, 0.1) is 5.82 Å². The van der Waals surface area contributed by atoms with Gasteiger partial charge in [-0.25, -0.2) is 12.8 Å². The van der Waals surface area contributed by atoms with E-state index < -0.39 is 27.2 Å². The van der Waals surface area contributed by atoms with Gasteiger partial charge in [0.15, 0.2) is 0 Å². The van der Waals surface area contributed by atoms with E-state index in [0.29, 0.717) is 51.2 Å². The van der Waals surface area contributed by atoms with Crippen molar-refractivity contribution >= 4 is 57.1 Å². The van der Waals surface area contributed by atoms with E-state index in [1.807, 2.05) is 0 Å². The molecule has 3 aromatic carbocycles. The molecule has 1 atom stereocenters. The van der Waals surface area contributed by atoms with Gasteiger partial charge in [-0.05, 0) is 61.2 Å². The summed E-state index contributed by atoms with van der Waals surface area (Å²) >= 11 is 19.2. The topological polar surface area (TPSA) is 102 Å². The Morgan fingerprint density at radius 2 is 1.72 bits per heavy atom. The van der Waals surface area contributed by atoms with Crippen molar-refractivity contribution in [3.05, 3.63) is 98.1 Å². The molecule has 4 aromatic rings. The number of anilines is 1. The van der Waals surface area contributed by atoms with E-state index in [9.17, 15) is 17.6 Å². The Balaban J connectivity index is 1.32. The molecule has 7 nitrogen and oxygen atoms in total. The summed E-state index contributed by atoms with van der Waals surface area (Å²) < 4.78 is 41.5. The van der Waals surface area contributed by atoms with Crippen LogP contribution in [0.5, 0.6) is 0 Å². The molecule has 1 aliphatic rings. The van der Waals surface area contributed by atoms with Crippen LogP contribution in [0.3, 0.4) is 0 Å².